The number of rotatable bonds is 4. The first-order valence-corrected chi connectivity index (χ1v) is 6.84. The van der Waals surface area contributed by atoms with E-state index in [1.54, 1.807) is 0 Å². The van der Waals surface area contributed by atoms with Crippen molar-refractivity contribution < 1.29 is 24.9 Å². The van der Waals surface area contributed by atoms with Gasteiger partial charge in [0.05, 0.1) is 18.8 Å². The van der Waals surface area contributed by atoms with Gasteiger partial charge in [0.25, 0.3) is 0 Å². The second-order valence-electron chi connectivity index (χ2n) is 5.85. The van der Waals surface area contributed by atoms with Crippen LogP contribution in [0.4, 0.5) is 0 Å². The van der Waals surface area contributed by atoms with Gasteiger partial charge in [-0.15, -0.1) is 0 Å². The van der Waals surface area contributed by atoms with Crippen LogP contribution in [-0.2, 0) is 9.53 Å². The van der Waals surface area contributed by atoms with Crippen LogP contribution < -0.4 is 0 Å². The molecule has 6 nitrogen and oxygen atoms in total. The summed E-state index contributed by atoms with van der Waals surface area (Å²) < 4.78 is 5.12. The molecule has 0 amide bonds. The van der Waals surface area contributed by atoms with Crippen molar-refractivity contribution in [2.24, 2.45) is 5.92 Å². The van der Waals surface area contributed by atoms with E-state index in [9.17, 15) is 20.1 Å². The van der Waals surface area contributed by atoms with Gasteiger partial charge in [-0.3, -0.25) is 4.90 Å². The summed E-state index contributed by atoms with van der Waals surface area (Å²) in [5.41, 5.74) is -1.88. The van der Waals surface area contributed by atoms with Crippen LogP contribution >= 0.6 is 0 Å². The zero-order chi connectivity index (χ0) is 14.2. The zero-order valence-corrected chi connectivity index (χ0v) is 11.5. The molecule has 3 N–H and O–H groups in total. The molecule has 2 aliphatic rings. The standard InChI is InChI=1S/C13H23NO5/c1-8(15)13(2,18)12(17)19-7-9-3-5-14-6-4-10(16)11(9)14/h8-11,15-16,18H,3-7H2,1-2H3/t8-,9+,10+,11?,13-/m0/s1. The molecular formula is C13H23NO5. The van der Waals surface area contributed by atoms with Crippen LogP contribution in [0.2, 0.25) is 0 Å². The van der Waals surface area contributed by atoms with E-state index in [1.165, 1.54) is 13.8 Å². The molecule has 2 saturated heterocycles. The van der Waals surface area contributed by atoms with Gasteiger partial charge in [-0.1, -0.05) is 0 Å². The van der Waals surface area contributed by atoms with Gasteiger partial charge in [0.2, 0.25) is 0 Å². The molecule has 0 bridgehead atoms. The number of esters is 1. The van der Waals surface area contributed by atoms with Crippen LogP contribution in [0.25, 0.3) is 0 Å². The lowest BCUT2D eigenvalue weighted by molar-refractivity contribution is -0.175. The van der Waals surface area contributed by atoms with Crippen molar-refractivity contribution in [3.8, 4) is 0 Å². The molecule has 0 saturated carbocycles. The maximum absolute atomic E-state index is 11.7. The molecular weight excluding hydrogens is 250 g/mol. The minimum atomic E-state index is -1.88. The molecule has 2 heterocycles. The number of aliphatic hydroxyl groups is 3. The van der Waals surface area contributed by atoms with Gasteiger partial charge in [0.15, 0.2) is 5.60 Å². The Hall–Kier alpha value is -0.690. The normalized spacial score (nSPS) is 35.7. The van der Waals surface area contributed by atoms with E-state index < -0.39 is 17.7 Å². The zero-order valence-electron chi connectivity index (χ0n) is 11.5. The third-order valence-electron chi connectivity index (χ3n) is 4.45. The highest BCUT2D eigenvalue weighted by Gasteiger charge is 2.44. The monoisotopic (exact) mass is 273 g/mol. The number of carbonyl (C=O) groups excluding carboxylic acids is 1. The van der Waals surface area contributed by atoms with Crippen molar-refractivity contribution in [1.82, 2.24) is 4.90 Å². The number of fused-ring (bicyclic) bond motifs is 1. The Labute approximate surface area is 113 Å². The first kappa shape index (κ1) is 14.7. The summed E-state index contributed by atoms with van der Waals surface area (Å²) in [5.74, 6) is -0.709. The van der Waals surface area contributed by atoms with Crippen molar-refractivity contribution >= 4 is 5.97 Å². The number of ether oxygens (including phenoxy) is 1. The van der Waals surface area contributed by atoms with Crippen LogP contribution in [0.1, 0.15) is 26.7 Å². The van der Waals surface area contributed by atoms with Crippen molar-refractivity contribution in [3.63, 3.8) is 0 Å². The predicted octanol–water partition coefficient (Wildman–Crippen LogP) is -0.883. The molecule has 0 radical (unpaired) electrons. The molecule has 6 heteroatoms. The first-order valence-electron chi connectivity index (χ1n) is 6.84. The molecule has 1 unspecified atom stereocenters. The minimum Gasteiger partial charge on any atom is -0.463 e. The van der Waals surface area contributed by atoms with Gasteiger partial charge in [-0.25, -0.2) is 4.79 Å². The molecule has 0 spiro atoms. The maximum atomic E-state index is 11.7. The number of aliphatic hydroxyl groups excluding tert-OH is 2. The fourth-order valence-electron chi connectivity index (χ4n) is 2.92. The topological polar surface area (TPSA) is 90.2 Å². The molecule has 0 aromatic rings. The van der Waals surface area contributed by atoms with Gasteiger partial charge in [-0.2, -0.15) is 0 Å². The Morgan fingerprint density at radius 1 is 1.47 bits per heavy atom. The predicted molar refractivity (Wildman–Crippen MR) is 67.4 cm³/mol. The first-order chi connectivity index (χ1) is 8.84. The van der Waals surface area contributed by atoms with E-state index in [-0.39, 0.29) is 24.7 Å². The van der Waals surface area contributed by atoms with Crippen LogP contribution in [-0.4, -0.2) is 69.7 Å². The highest BCUT2D eigenvalue weighted by Crippen LogP contribution is 2.33. The van der Waals surface area contributed by atoms with E-state index in [0.717, 1.165) is 25.9 Å². The molecule has 0 aromatic heterocycles. The lowest BCUT2D eigenvalue weighted by Crippen LogP contribution is -2.47. The van der Waals surface area contributed by atoms with Crippen molar-refractivity contribution in [3.05, 3.63) is 0 Å². The van der Waals surface area contributed by atoms with Crippen LogP contribution in [0.15, 0.2) is 0 Å². The maximum Gasteiger partial charge on any atom is 0.340 e. The minimum absolute atomic E-state index is 0.0595. The lowest BCUT2D eigenvalue weighted by atomic mass is 9.97. The van der Waals surface area contributed by atoms with Crippen molar-refractivity contribution in [2.75, 3.05) is 19.7 Å². The van der Waals surface area contributed by atoms with Gasteiger partial charge < -0.3 is 20.1 Å². The Morgan fingerprint density at radius 3 is 2.74 bits per heavy atom. The third-order valence-corrected chi connectivity index (χ3v) is 4.45. The summed E-state index contributed by atoms with van der Waals surface area (Å²) in [6.45, 7) is 4.57. The summed E-state index contributed by atoms with van der Waals surface area (Å²) in [6, 6.07) is 0.0595. The number of carbonyl (C=O) groups is 1. The average Bonchev–Trinajstić information content (AvgIpc) is 2.90. The molecule has 2 rings (SSSR count). The molecule has 0 aliphatic carbocycles. The van der Waals surface area contributed by atoms with Gasteiger partial charge in [0, 0.05) is 18.5 Å². The Bertz CT molecular complexity index is 344. The van der Waals surface area contributed by atoms with E-state index in [4.69, 9.17) is 4.74 Å². The Balaban J connectivity index is 1.88. The fourth-order valence-corrected chi connectivity index (χ4v) is 2.92. The fraction of sp³-hybridized carbons (Fsp3) is 0.923. The Morgan fingerprint density at radius 2 is 2.11 bits per heavy atom. The van der Waals surface area contributed by atoms with Gasteiger partial charge in [-0.05, 0) is 33.2 Å². The number of hydrogen-bond donors (Lipinski definition) is 3. The summed E-state index contributed by atoms with van der Waals surface area (Å²) in [4.78, 5) is 13.9. The van der Waals surface area contributed by atoms with Crippen LogP contribution in [0, 0.1) is 5.92 Å². The van der Waals surface area contributed by atoms with Gasteiger partial charge >= 0.3 is 5.97 Å². The number of hydrogen-bond acceptors (Lipinski definition) is 6. The van der Waals surface area contributed by atoms with Crippen molar-refractivity contribution in [2.45, 2.75) is 50.5 Å². The summed E-state index contributed by atoms with van der Waals surface area (Å²) in [5, 5.41) is 29.0. The smallest absolute Gasteiger partial charge is 0.340 e. The van der Waals surface area contributed by atoms with E-state index in [2.05, 4.69) is 4.90 Å². The number of nitrogens with zero attached hydrogens (tertiary/aromatic N) is 1. The summed E-state index contributed by atoms with van der Waals surface area (Å²) in [6.07, 6.45) is 0.104. The SMILES string of the molecule is C[C@H](O)[C@](C)(O)C(=O)OC[C@H]1CCN2CC[C@@H](O)C12. The van der Waals surface area contributed by atoms with E-state index in [0.29, 0.717) is 0 Å². The second kappa shape index (κ2) is 5.36. The molecule has 0 aromatic carbocycles. The van der Waals surface area contributed by atoms with Gasteiger partial charge in [0.1, 0.15) is 0 Å². The van der Waals surface area contributed by atoms with Crippen molar-refractivity contribution in [1.29, 1.82) is 0 Å². The molecule has 2 aliphatic heterocycles. The summed E-state index contributed by atoms with van der Waals surface area (Å²) >= 11 is 0. The highest BCUT2D eigenvalue weighted by atomic mass is 16.6. The quantitative estimate of drug-likeness (QED) is 0.576. The third kappa shape index (κ3) is 2.76. The average molecular weight is 273 g/mol. The molecule has 5 atom stereocenters. The lowest BCUT2D eigenvalue weighted by Gasteiger charge is -2.27. The highest BCUT2D eigenvalue weighted by molar-refractivity contribution is 5.79. The second-order valence-corrected chi connectivity index (χ2v) is 5.85. The van der Waals surface area contributed by atoms with E-state index >= 15 is 0 Å². The largest absolute Gasteiger partial charge is 0.463 e. The Kier molecular flexibility index (Phi) is 4.15. The van der Waals surface area contributed by atoms with E-state index in [1.807, 2.05) is 0 Å². The summed E-state index contributed by atoms with van der Waals surface area (Å²) in [7, 11) is 0. The molecule has 19 heavy (non-hydrogen) atoms. The van der Waals surface area contributed by atoms with Crippen LogP contribution in [0.3, 0.4) is 0 Å². The molecule has 110 valence electrons. The van der Waals surface area contributed by atoms with Crippen LogP contribution in [0.5, 0.6) is 0 Å². The molecule has 2 fully saturated rings.